The molecule has 0 bridgehead atoms. The number of ether oxygens (including phenoxy) is 1. The maximum atomic E-state index is 13.0. The molecule has 0 amide bonds. The van der Waals surface area contributed by atoms with Gasteiger partial charge in [-0.05, 0) is 19.4 Å². The van der Waals surface area contributed by atoms with Crippen LogP contribution in [-0.2, 0) is 4.74 Å². The van der Waals surface area contributed by atoms with Crippen LogP contribution in [0.1, 0.15) is 33.1 Å². The van der Waals surface area contributed by atoms with Gasteiger partial charge in [-0.15, -0.1) is 0 Å². The van der Waals surface area contributed by atoms with E-state index in [2.05, 4.69) is 5.32 Å². The zero-order valence-electron chi connectivity index (χ0n) is 9.16. The van der Waals surface area contributed by atoms with E-state index in [1.165, 1.54) is 0 Å². The number of halogens is 3. The molecule has 0 aromatic heterocycles. The van der Waals surface area contributed by atoms with E-state index in [1.807, 2.05) is 6.92 Å². The lowest BCUT2D eigenvalue weighted by molar-refractivity contribution is -0.225. The molecule has 1 rings (SSSR count). The van der Waals surface area contributed by atoms with Crippen LogP contribution < -0.4 is 5.32 Å². The summed E-state index contributed by atoms with van der Waals surface area (Å²) in [6.07, 6.45) is -3.80. The topological polar surface area (TPSA) is 21.3 Å². The maximum absolute atomic E-state index is 13.0. The van der Waals surface area contributed by atoms with Gasteiger partial charge in [-0.25, -0.2) is 0 Å². The summed E-state index contributed by atoms with van der Waals surface area (Å²) in [5, 5.41) is 2.60. The highest BCUT2D eigenvalue weighted by Crippen LogP contribution is 2.40. The van der Waals surface area contributed by atoms with Crippen LogP contribution in [-0.4, -0.2) is 31.0 Å². The second-order valence-corrected chi connectivity index (χ2v) is 3.97. The van der Waals surface area contributed by atoms with Gasteiger partial charge in [0.2, 0.25) is 0 Å². The first kappa shape index (κ1) is 12.8. The fraction of sp³-hybridized carbons (Fsp3) is 1.00. The molecule has 1 aliphatic rings. The Bertz CT molecular complexity index is 203. The Morgan fingerprint density at radius 3 is 2.53 bits per heavy atom. The van der Waals surface area contributed by atoms with Crippen LogP contribution in [0, 0.1) is 0 Å². The molecular weight excluding hydrogens is 207 g/mol. The molecule has 0 saturated carbocycles. The quantitative estimate of drug-likeness (QED) is 0.796. The molecule has 90 valence electrons. The van der Waals surface area contributed by atoms with Crippen molar-refractivity contribution in [1.82, 2.24) is 5.32 Å². The maximum Gasteiger partial charge on any atom is 0.406 e. The van der Waals surface area contributed by atoms with Crippen LogP contribution in [0.4, 0.5) is 13.2 Å². The Morgan fingerprint density at radius 1 is 1.40 bits per heavy atom. The van der Waals surface area contributed by atoms with Crippen molar-refractivity contribution in [3.8, 4) is 0 Å². The first-order valence-electron chi connectivity index (χ1n) is 5.38. The van der Waals surface area contributed by atoms with Crippen molar-refractivity contribution in [3.63, 3.8) is 0 Å². The number of hydrogen-bond acceptors (Lipinski definition) is 2. The Morgan fingerprint density at radius 2 is 2.07 bits per heavy atom. The van der Waals surface area contributed by atoms with Gasteiger partial charge in [0, 0.05) is 13.0 Å². The number of rotatable bonds is 3. The standard InChI is InChI=1S/C10H18F3NO/c1-3-8-7-9(14-4-2,5-6-15-8)10(11,12)13/h8,14H,3-7H2,1-2H3. The molecule has 5 heteroatoms. The zero-order valence-corrected chi connectivity index (χ0v) is 9.16. The first-order valence-corrected chi connectivity index (χ1v) is 5.38. The minimum atomic E-state index is -4.19. The van der Waals surface area contributed by atoms with Crippen molar-refractivity contribution in [2.45, 2.75) is 50.9 Å². The summed E-state index contributed by atoms with van der Waals surface area (Å²) in [6, 6.07) is 0. The van der Waals surface area contributed by atoms with Gasteiger partial charge >= 0.3 is 6.18 Å². The fourth-order valence-electron chi connectivity index (χ4n) is 2.07. The average Bonchev–Trinajstić information content (AvgIpc) is 2.17. The lowest BCUT2D eigenvalue weighted by atomic mass is 9.85. The second-order valence-electron chi connectivity index (χ2n) is 3.97. The van der Waals surface area contributed by atoms with E-state index < -0.39 is 11.7 Å². The van der Waals surface area contributed by atoms with Crippen molar-refractivity contribution < 1.29 is 17.9 Å². The van der Waals surface area contributed by atoms with Crippen LogP contribution in [0.15, 0.2) is 0 Å². The number of alkyl halides is 3. The van der Waals surface area contributed by atoms with Gasteiger partial charge in [0.05, 0.1) is 6.10 Å². The lowest BCUT2D eigenvalue weighted by Crippen LogP contribution is -2.61. The average molecular weight is 225 g/mol. The van der Waals surface area contributed by atoms with Crippen molar-refractivity contribution in [3.05, 3.63) is 0 Å². The van der Waals surface area contributed by atoms with Gasteiger partial charge in [0.1, 0.15) is 5.54 Å². The highest BCUT2D eigenvalue weighted by atomic mass is 19.4. The number of hydrogen-bond donors (Lipinski definition) is 1. The molecule has 0 aromatic rings. The van der Waals surface area contributed by atoms with E-state index in [-0.39, 0.29) is 25.6 Å². The van der Waals surface area contributed by atoms with Gasteiger partial charge in [-0.1, -0.05) is 13.8 Å². The summed E-state index contributed by atoms with van der Waals surface area (Å²) in [5.41, 5.74) is -1.74. The Hall–Kier alpha value is -0.290. The summed E-state index contributed by atoms with van der Waals surface area (Å²) in [6.45, 7) is 4.06. The normalized spacial score (nSPS) is 33.0. The summed E-state index contributed by atoms with van der Waals surface area (Å²) in [7, 11) is 0. The van der Waals surface area contributed by atoms with Gasteiger partial charge in [-0.2, -0.15) is 13.2 Å². The molecule has 15 heavy (non-hydrogen) atoms. The Kier molecular flexibility index (Phi) is 4.00. The van der Waals surface area contributed by atoms with E-state index in [0.717, 1.165) is 0 Å². The number of nitrogens with one attached hydrogen (secondary N) is 1. The van der Waals surface area contributed by atoms with E-state index in [9.17, 15) is 13.2 Å². The molecule has 2 atom stereocenters. The third kappa shape index (κ3) is 2.64. The van der Waals surface area contributed by atoms with Gasteiger partial charge in [0.15, 0.2) is 0 Å². The largest absolute Gasteiger partial charge is 0.406 e. The molecule has 1 aliphatic heterocycles. The summed E-state index contributed by atoms with van der Waals surface area (Å²) in [5.74, 6) is 0. The van der Waals surface area contributed by atoms with Gasteiger partial charge in [-0.3, -0.25) is 0 Å². The monoisotopic (exact) mass is 225 g/mol. The van der Waals surface area contributed by atoms with Crippen molar-refractivity contribution in [2.24, 2.45) is 0 Å². The molecule has 1 fully saturated rings. The fourth-order valence-corrected chi connectivity index (χ4v) is 2.07. The minimum absolute atomic E-state index is 0.0147. The molecule has 0 aliphatic carbocycles. The highest BCUT2D eigenvalue weighted by Gasteiger charge is 2.56. The summed E-state index contributed by atoms with van der Waals surface area (Å²) >= 11 is 0. The molecule has 1 heterocycles. The first-order chi connectivity index (χ1) is 6.95. The SMILES string of the molecule is CCNC1(C(F)(F)F)CCOC(CC)C1. The van der Waals surface area contributed by atoms with Gasteiger partial charge in [0.25, 0.3) is 0 Å². The predicted molar refractivity (Wildman–Crippen MR) is 51.7 cm³/mol. The van der Waals surface area contributed by atoms with E-state index in [1.54, 1.807) is 6.92 Å². The molecule has 0 spiro atoms. The molecular formula is C10H18F3NO. The summed E-state index contributed by atoms with van der Waals surface area (Å²) in [4.78, 5) is 0. The van der Waals surface area contributed by atoms with Crippen molar-refractivity contribution in [2.75, 3.05) is 13.2 Å². The Labute approximate surface area is 88.2 Å². The van der Waals surface area contributed by atoms with E-state index in [4.69, 9.17) is 4.74 Å². The molecule has 0 aromatic carbocycles. The van der Waals surface area contributed by atoms with Crippen molar-refractivity contribution >= 4 is 0 Å². The van der Waals surface area contributed by atoms with E-state index in [0.29, 0.717) is 13.0 Å². The highest BCUT2D eigenvalue weighted by molar-refractivity contribution is 4.98. The van der Waals surface area contributed by atoms with Crippen LogP contribution in [0.25, 0.3) is 0 Å². The van der Waals surface area contributed by atoms with Crippen LogP contribution in [0.2, 0.25) is 0 Å². The lowest BCUT2D eigenvalue weighted by Gasteiger charge is -2.42. The third-order valence-corrected chi connectivity index (χ3v) is 2.97. The molecule has 0 radical (unpaired) electrons. The summed E-state index contributed by atoms with van der Waals surface area (Å²) < 4.78 is 44.2. The molecule has 2 nitrogen and oxygen atoms in total. The Balaban J connectivity index is 2.80. The van der Waals surface area contributed by atoms with E-state index >= 15 is 0 Å². The third-order valence-electron chi connectivity index (χ3n) is 2.97. The second kappa shape index (κ2) is 4.70. The molecule has 1 saturated heterocycles. The molecule has 2 unspecified atom stereocenters. The van der Waals surface area contributed by atoms with Crippen LogP contribution >= 0.6 is 0 Å². The predicted octanol–water partition coefficient (Wildman–Crippen LogP) is 2.49. The van der Waals surface area contributed by atoms with Crippen molar-refractivity contribution in [1.29, 1.82) is 0 Å². The molecule has 1 N–H and O–H groups in total. The minimum Gasteiger partial charge on any atom is -0.378 e. The smallest absolute Gasteiger partial charge is 0.378 e. The van der Waals surface area contributed by atoms with Crippen LogP contribution in [0.3, 0.4) is 0 Å². The van der Waals surface area contributed by atoms with Crippen LogP contribution in [0.5, 0.6) is 0 Å². The van der Waals surface area contributed by atoms with Gasteiger partial charge < -0.3 is 10.1 Å². The zero-order chi connectivity index (χ0) is 11.5.